The Morgan fingerprint density at radius 2 is 1.78 bits per heavy atom. The zero-order valence-corrected chi connectivity index (χ0v) is 14.6. The first-order valence-corrected chi connectivity index (χ1v) is 8.01. The van der Waals surface area contributed by atoms with Gasteiger partial charge in [0.25, 0.3) is 11.8 Å². The number of amides is 4. The van der Waals surface area contributed by atoms with Gasteiger partial charge >= 0.3 is 6.03 Å². The summed E-state index contributed by atoms with van der Waals surface area (Å²) >= 11 is 0. The lowest BCUT2D eigenvalue weighted by molar-refractivity contribution is -0.132. The largest absolute Gasteiger partial charge is 0.497 e. The van der Waals surface area contributed by atoms with Crippen molar-refractivity contribution in [2.24, 2.45) is 0 Å². The predicted octanol–water partition coefficient (Wildman–Crippen LogP) is 1.68. The van der Waals surface area contributed by atoms with E-state index in [1.165, 1.54) is 31.4 Å². The molecule has 1 fully saturated rings. The van der Waals surface area contributed by atoms with Gasteiger partial charge in [-0.1, -0.05) is 12.1 Å². The van der Waals surface area contributed by atoms with Crippen molar-refractivity contribution in [3.05, 3.63) is 65.2 Å². The Morgan fingerprint density at radius 1 is 1.15 bits per heavy atom. The highest BCUT2D eigenvalue weighted by Gasteiger charge is 2.50. The normalized spacial score (nSPS) is 18.6. The van der Waals surface area contributed by atoms with E-state index in [0.29, 0.717) is 21.9 Å². The lowest BCUT2D eigenvalue weighted by atomic mass is 9.92. The van der Waals surface area contributed by atoms with Crippen molar-refractivity contribution in [1.29, 1.82) is 5.26 Å². The van der Waals surface area contributed by atoms with Crippen LogP contribution in [0.1, 0.15) is 28.4 Å². The number of carbonyl (C=O) groups excluding carboxylic acids is 3. The van der Waals surface area contributed by atoms with Crippen LogP contribution in [0.15, 0.2) is 48.5 Å². The SMILES string of the molecule is COc1ccc([C@@]2(C)NC(=O)N(NC(=O)c3ccc(C#N)cc3)C2=O)cc1. The number of rotatable bonds is 4. The van der Waals surface area contributed by atoms with E-state index in [1.807, 2.05) is 6.07 Å². The van der Waals surface area contributed by atoms with E-state index in [4.69, 9.17) is 10.00 Å². The molecule has 2 aromatic rings. The summed E-state index contributed by atoms with van der Waals surface area (Å²) in [6, 6.07) is 13.7. The van der Waals surface area contributed by atoms with Gasteiger partial charge in [-0.15, -0.1) is 0 Å². The minimum atomic E-state index is -1.32. The third kappa shape index (κ3) is 3.18. The van der Waals surface area contributed by atoms with Crippen LogP contribution in [0.3, 0.4) is 0 Å². The van der Waals surface area contributed by atoms with Crippen LogP contribution in [0.5, 0.6) is 5.75 Å². The fraction of sp³-hybridized carbons (Fsp3) is 0.158. The quantitative estimate of drug-likeness (QED) is 0.802. The van der Waals surface area contributed by atoms with Gasteiger partial charge in [-0.05, 0) is 48.9 Å². The minimum Gasteiger partial charge on any atom is -0.497 e. The topological polar surface area (TPSA) is 112 Å². The molecular formula is C19H16N4O4. The molecule has 0 bridgehead atoms. The van der Waals surface area contributed by atoms with Crippen LogP contribution in [0.25, 0.3) is 0 Å². The van der Waals surface area contributed by atoms with Gasteiger partial charge in [-0.25, -0.2) is 4.79 Å². The molecule has 27 heavy (non-hydrogen) atoms. The Hall–Kier alpha value is -3.86. The second-order valence-electron chi connectivity index (χ2n) is 6.05. The number of ether oxygens (including phenoxy) is 1. The van der Waals surface area contributed by atoms with E-state index in [-0.39, 0.29) is 5.56 Å². The van der Waals surface area contributed by atoms with Gasteiger partial charge in [-0.3, -0.25) is 15.0 Å². The highest BCUT2D eigenvalue weighted by Crippen LogP contribution is 2.29. The molecule has 0 saturated carbocycles. The Morgan fingerprint density at radius 3 is 2.33 bits per heavy atom. The molecular weight excluding hydrogens is 348 g/mol. The van der Waals surface area contributed by atoms with E-state index in [9.17, 15) is 14.4 Å². The van der Waals surface area contributed by atoms with E-state index >= 15 is 0 Å². The molecule has 1 aliphatic heterocycles. The van der Waals surface area contributed by atoms with E-state index in [0.717, 1.165) is 0 Å². The molecule has 1 saturated heterocycles. The van der Waals surface area contributed by atoms with Crippen LogP contribution in [0.4, 0.5) is 4.79 Å². The number of hydrogen-bond donors (Lipinski definition) is 2. The lowest BCUT2D eigenvalue weighted by Gasteiger charge is -2.22. The molecule has 0 unspecified atom stereocenters. The molecule has 1 aliphatic rings. The van der Waals surface area contributed by atoms with E-state index in [2.05, 4.69) is 10.7 Å². The summed E-state index contributed by atoms with van der Waals surface area (Å²) in [5, 5.41) is 12.1. The molecule has 0 aliphatic carbocycles. The van der Waals surface area contributed by atoms with Gasteiger partial charge in [0.15, 0.2) is 0 Å². The van der Waals surface area contributed by atoms with Crippen molar-refractivity contribution in [2.45, 2.75) is 12.5 Å². The standard InChI is InChI=1S/C19H16N4O4/c1-19(14-7-9-15(27-2)10-8-14)17(25)23(18(26)21-19)22-16(24)13-5-3-12(11-20)4-6-13/h3-10H,1-2H3,(H,21,26)(H,22,24)/t19-/m1/s1. The predicted molar refractivity (Wildman–Crippen MR) is 94.3 cm³/mol. The smallest absolute Gasteiger partial charge is 0.344 e. The first-order valence-electron chi connectivity index (χ1n) is 8.01. The summed E-state index contributed by atoms with van der Waals surface area (Å²) in [6.45, 7) is 1.56. The molecule has 8 nitrogen and oxygen atoms in total. The molecule has 0 aromatic heterocycles. The van der Waals surface area contributed by atoms with Crippen LogP contribution in [-0.2, 0) is 10.3 Å². The molecule has 1 heterocycles. The average molecular weight is 364 g/mol. The maximum Gasteiger partial charge on any atom is 0.344 e. The molecule has 0 spiro atoms. The molecule has 0 radical (unpaired) electrons. The second-order valence-corrected chi connectivity index (χ2v) is 6.05. The van der Waals surface area contributed by atoms with Crippen molar-refractivity contribution < 1.29 is 19.1 Å². The maximum atomic E-state index is 12.8. The van der Waals surface area contributed by atoms with Crippen LogP contribution < -0.4 is 15.5 Å². The number of nitriles is 1. The highest BCUT2D eigenvalue weighted by molar-refractivity contribution is 6.09. The fourth-order valence-corrected chi connectivity index (χ4v) is 2.72. The van der Waals surface area contributed by atoms with Gasteiger partial charge in [0.05, 0.1) is 18.7 Å². The second kappa shape index (κ2) is 6.80. The van der Waals surface area contributed by atoms with Gasteiger partial charge in [0.1, 0.15) is 11.3 Å². The monoisotopic (exact) mass is 364 g/mol. The number of nitrogens with zero attached hydrogens (tertiary/aromatic N) is 2. The Bertz CT molecular complexity index is 947. The van der Waals surface area contributed by atoms with Crippen LogP contribution in [0, 0.1) is 11.3 Å². The number of imide groups is 1. The maximum absolute atomic E-state index is 12.8. The molecule has 1 atom stereocenters. The zero-order valence-electron chi connectivity index (χ0n) is 14.6. The molecule has 2 aromatic carbocycles. The van der Waals surface area contributed by atoms with Crippen molar-refractivity contribution in [1.82, 2.24) is 15.8 Å². The summed E-state index contributed by atoms with van der Waals surface area (Å²) in [4.78, 5) is 37.4. The lowest BCUT2D eigenvalue weighted by Crippen LogP contribution is -2.47. The summed E-state index contributed by atoms with van der Waals surface area (Å²) < 4.78 is 5.09. The number of benzene rings is 2. The van der Waals surface area contributed by atoms with Gasteiger partial charge in [0.2, 0.25) is 0 Å². The van der Waals surface area contributed by atoms with Crippen molar-refractivity contribution in [2.75, 3.05) is 7.11 Å². The Labute approximate surface area is 155 Å². The molecule has 136 valence electrons. The molecule has 8 heteroatoms. The average Bonchev–Trinajstić information content (AvgIpc) is 2.92. The van der Waals surface area contributed by atoms with Crippen molar-refractivity contribution in [3.63, 3.8) is 0 Å². The number of hydrogen-bond acceptors (Lipinski definition) is 5. The zero-order chi connectivity index (χ0) is 19.6. The Kier molecular flexibility index (Phi) is 4.52. The summed E-state index contributed by atoms with van der Waals surface area (Å²) in [5.74, 6) is -0.633. The summed E-state index contributed by atoms with van der Waals surface area (Å²) in [5.41, 5.74) is 2.15. The minimum absolute atomic E-state index is 0.215. The van der Waals surface area contributed by atoms with Crippen LogP contribution >= 0.6 is 0 Å². The van der Waals surface area contributed by atoms with Gasteiger partial charge in [-0.2, -0.15) is 10.3 Å². The van der Waals surface area contributed by atoms with Gasteiger partial charge < -0.3 is 10.1 Å². The van der Waals surface area contributed by atoms with Crippen LogP contribution in [-0.4, -0.2) is 30.0 Å². The molecule has 2 N–H and O–H groups in total. The van der Waals surface area contributed by atoms with Crippen molar-refractivity contribution in [3.8, 4) is 11.8 Å². The highest BCUT2D eigenvalue weighted by atomic mass is 16.5. The number of hydrazine groups is 1. The van der Waals surface area contributed by atoms with Crippen molar-refractivity contribution >= 4 is 17.8 Å². The van der Waals surface area contributed by atoms with E-state index in [1.54, 1.807) is 31.2 Å². The summed E-state index contributed by atoms with van der Waals surface area (Å²) in [6.07, 6.45) is 0. The number of nitrogens with one attached hydrogen (secondary N) is 2. The van der Waals surface area contributed by atoms with E-state index < -0.39 is 23.4 Å². The fourth-order valence-electron chi connectivity index (χ4n) is 2.72. The third-order valence-corrected chi connectivity index (χ3v) is 4.35. The molecule has 4 amide bonds. The third-order valence-electron chi connectivity index (χ3n) is 4.35. The van der Waals surface area contributed by atoms with Gasteiger partial charge in [0, 0.05) is 5.56 Å². The van der Waals surface area contributed by atoms with Crippen LogP contribution in [0.2, 0.25) is 0 Å². The first kappa shape index (κ1) is 17.9. The Balaban J connectivity index is 1.80. The first-order chi connectivity index (χ1) is 12.9. The molecule has 3 rings (SSSR count). The number of urea groups is 1. The number of carbonyl (C=O) groups is 3. The number of methoxy groups -OCH3 is 1. The summed E-state index contributed by atoms with van der Waals surface area (Å²) in [7, 11) is 1.53.